The van der Waals surface area contributed by atoms with E-state index in [4.69, 9.17) is 5.26 Å². The number of hydrogen-bond acceptors (Lipinski definition) is 3. The molecule has 1 unspecified atom stereocenters. The summed E-state index contributed by atoms with van der Waals surface area (Å²) in [6.07, 6.45) is 3.41. The lowest BCUT2D eigenvalue weighted by Crippen LogP contribution is -2.33. The molecule has 5 nitrogen and oxygen atoms in total. The summed E-state index contributed by atoms with van der Waals surface area (Å²) < 4.78 is 0. The summed E-state index contributed by atoms with van der Waals surface area (Å²) in [7, 11) is 0. The van der Waals surface area contributed by atoms with Crippen molar-refractivity contribution in [1.29, 1.82) is 5.26 Å². The number of aryl methyl sites for hydroxylation is 3. The number of imidazole rings is 1. The number of nitrogens with zero attached hydrogens (tertiary/aromatic N) is 2. The third-order valence-electron chi connectivity index (χ3n) is 5.61. The van der Waals surface area contributed by atoms with Gasteiger partial charge in [-0.05, 0) is 61.6 Å². The zero-order valence-electron chi connectivity index (χ0n) is 16.6. The number of aliphatic hydroxyl groups is 1. The van der Waals surface area contributed by atoms with Crippen LogP contribution < -0.4 is 0 Å². The molecule has 5 heteroatoms. The third-order valence-corrected chi connectivity index (χ3v) is 5.61. The Morgan fingerprint density at radius 2 is 2.00 bits per heavy atom. The summed E-state index contributed by atoms with van der Waals surface area (Å²) in [6.45, 7) is 8.13. The number of aromatic nitrogens is 3. The zero-order valence-corrected chi connectivity index (χ0v) is 16.6. The highest BCUT2D eigenvalue weighted by Crippen LogP contribution is 2.45. The SMILES string of the molecule is CC.Cc1cc(C)c2[nH]cc3c2c1C(O)(c1nc2ccc(C#N)cc2[nH]1)CC3.[HH]. The van der Waals surface area contributed by atoms with Crippen molar-refractivity contribution in [2.75, 3.05) is 0 Å². The maximum Gasteiger partial charge on any atom is 0.148 e. The Hall–Kier alpha value is -3.10. The van der Waals surface area contributed by atoms with Crippen LogP contribution in [0, 0.1) is 25.2 Å². The van der Waals surface area contributed by atoms with Gasteiger partial charge in [-0.15, -0.1) is 0 Å². The molecule has 0 amide bonds. The molecule has 0 bridgehead atoms. The lowest BCUT2D eigenvalue weighted by Gasteiger charge is -2.33. The number of nitrogens with one attached hydrogen (secondary N) is 2. The second-order valence-corrected chi connectivity index (χ2v) is 7.24. The van der Waals surface area contributed by atoms with Crippen molar-refractivity contribution in [3.63, 3.8) is 0 Å². The monoisotopic (exact) mass is 374 g/mol. The van der Waals surface area contributed by atoms with Gasteiger partial charge in [0.05, 0.1) is 22.7 Å². The van der Waals surface area contributed by atoms with Gasteiger partial charge >= 0.3 is 0 Å². The molecule has 0 radical (unpaired) electrons. The van der Waals surface area contributed by atoms with Gasteiger partial charge in [0, 0.05) is 24.1 Å². The quantitative estimate of drug-likeness (QED) is 0.439. The van der Waals surface area contributed by atoms with Crippen LogP contribution in [-0.2, 0) is 12.0 Å². The van der Waals surface area contributed by atoms with Gasteiger partial charge in [0.2, 0.25) is 0 Å². The molecule has 2 heterocycles. The zero-order chi connectivity index (χ0) is 20.1. The number of benzene rings is 2. The van der Waals surface area contributed by atoms with Gasteiger partial charge in [-0.25, -0.2) is 4.98 Å². The molecule has 1 atom stereocenters. The molecule has 4 aromatic rings. The Labute approximate surface area is 165 Å². The van der Waals surface area contributed by atoms with Gasteiger partial charge in [0.1, 0.15) is 11.4 Å². The predicted molar refractivity (Wildman–Crippen MR) is 113 cm³/mol. The molecule has 2 aromatic heterocycles. The smallest absolute Gasteiger partial charge is 0.148 e. The average Bonchev–Trinajstić information content (AvgIpc) is 3.32. The number of nitriles is 1. The summed E-state index contributed by atoms with van der Waals surface area (Å²) in [4.78, 5) is 11.3. The maximum atomic E-state index is 11.8. The molecular weight excluding hydrogens is 348 g/mol. The Balaban J connectivity index is 0.000000778. The molecule has 0 saturated heterocycles. The summed E-state index contributed by atoms with van der Waals surface area (Å²) in [5.74, 6) is 0.544. The molecule has 0 saturated carbocycles. The van der Waals surface area contributed by atoms with E-state index in [9.17, 15) is 5.11 Å². The van der Waals surface area contributed by atoms with Crippen molar-refractivity contribution in [3.8, 4) is 6.07 Å². The molecule has 3 N–H and O–H groups in total. The predicted octanol–water partition coefficient (Wildman–Crippen LogP) is 4.99. The van der Waals surface area contributed by atoms with Crippen LogP contribution in [0.3, 0.4) is 0 Å². The largest absolute Gasteiger partial charge is 0.377 e. The standard InChI is InChI=1S/C21H18N4O.C2H6.H2/c1-11-7-12(2)19-17-14(10-23-19)5-6-21(26,18(11)17)20-24-15-4-3-13(9-22)8-16(15)25-20;1-2;/h3-4,7-8,10,23,26H,5-6H2,1-2H3,(H,24,25);1-2H3;1H. The Kier molecular flexibility index (Phi) is 4.24. The number of H-pyrrole nitrogens is 2. The lowest BCUT2D eigenvalue weighted by atomic mass is 9.77. The van der Waals surface area contributed by atoms with E-state index in [1.165, 1.54) is 11.1 Å². The van der Waals surface area contributed by atoms with Crippen LogP contribution in [-0.4, -0.2) is 20.1 Å². The van der Waals surface area contributed by atoms with E-state index in [0.29, 0.717) is 17.8 Å². The second-order valence-electron chi connectivity index (χ2n) is 7.24. The highest BCUT2D eigenvalue weighted by molar-refractivity contribution is 5.92. The summed E-state index contributed by atoms with van der Waals surface area (Å²) in [5.41, 5.74) is 6.44. The maximum absolute atomic E-state index is 11.8. The van der Waals surface area contributed by atoms with Gasteiger partial charge < -0.3 is 15.1 Å². The molecule has 144 valence electrons. The average molecular weight is 374 g/mol. The second kappa shape index (κ2) is 6.50. The van der Waals surface area contributed by atoms with Crippen LogP contribution >= 0.6 is 0 Å². The van der Waals surface area contributed by atoms with E-state index in [-0.39, 0.29) is 1.43 Å². The van der Waals surface area contributed by atoms with Gasteiger partial charge in [0.15, 0.2) is 0 Å². The number of fused-ring (bicyclic) bond motifs is 1. The summed E-state index contributed by atoms with van der Waals surface area (Å²) >= 11 is 0. The van der Waals surface area contributed by atoms with Crippen LogP contribution in [0.4, 0.5) is 0 Å². The summed E-state index contributed by atoms with van der Waals surface area (Å²) in [6, 6.07) is 9.60. The normalized spacial score (nSPS) is 18.0. The molecule has 5 rings (SSSR count). The third kappa shape index (κ3) is 2.45. The first-order valence-corrected chi connectivity index (χ1v) is 9.74. The summed E-state index contributed by atoms with van der Waals surface area (Å²) in [5, 5.41) is 22.0. The first-order chi connectivity index (χ1) is 13.5. The minimum atomic E-state index is -1.17. The van der Waals surface area contributed by atoms with Crippen LogP contribution in [0.2, 0.25) is 0 Å². The van der Waals surface area contributed by atoms with Crippen molar-refractivity contribution in [2.45, 2.75) is 46.1 Å². The molecule has 28 heavy (non-hydrogen) atoms. The van der Waals surface area contributed by atoms with E-state index < -0.39 is 5.60 Å². The first kappa shape index (κ1) is 18.3. The van der Waals surface area contributed by atoms with Crippen LogP contribution in [0.5, 0.6) is 0 Å². The van der Waals surface area contributed by atoms with Gasteiger partial charge in [0.25, 0.3) is 0 Å². The van der Waals surface area contributed by atoms with Crippen LogP contribution in [0.15, 0.2) is 30.5 Å². The number of hydrogen-bond donors (Lipinski definition) is 3. The number of rotatable bonds is 1. The number of aromatic amines is 2. The Morgan fingerprint density at radius 1 is 1.21 bits per heavy atom. The van der Waals surface area contributed by atoms with E-state index in [1.807, 2.05) is 26.8 Å². The minimum absolute atomic E-state index is 0. The topological polar surface area (TPSA) is 88.5 Å². The fourth-order valence-electron chi connectivity index (χ4n) is 4.41. The highest BCUT2D eigenvalue weighted by Gasteiger charge is 2.41. The van der Waals surface area contributed by atoms with Crippen molar-refractivity contribution in [2.24, 2.45) is 0 Å². The molecule has 1 aliphatic rings. The van der Waals surface area contributed by atoms with E-state index in [2.05, 4.69) is 40.2 Å². The molecule has 1 aliphatic carbocycles. The van der Waals surface area contributed by atoms with Gasteiger partial charge in [-0.1, -0.05) is 19.9 Å². The lowest BCUT2D eigenvalue weighted by molar-refractivity contribution is 0.0615. The van der Waals surface area contributed by atoms with Crippen molar-refractivity contribution >= 4 is 21.9 Å². The fraction of sp³-hybridized carbons (Fsp3) is 0.304. The van der Waals surface area contributed by atoms with Crippen LogP contribution in [0.25, 0.3) is 21.9 Å². The van der Waals surface area contributed by atoms with E-state index >= 15 is 0 Å². The minimum Gasteiger partial charge on any atom is -0.377 e. The molecule has 0 fully saturated rings. The first-order valence-electron chi connectivity index (χ1n) is 9.74. The van der Waals surface area contributed by atoms with Crippen molar-refractivity contribution in [1.82, 2.24) is 15.0 Å². The van der Waals surface area contributed by atoms with Gasteiger partial charge in [-0.2, -0.15) is 5.26 Å². The Bertz CT molecular complexity index is 1250. The highest BCUT2D eigenvalue weighted by atomic mass is 16.3. The molecular formula is C23H26N4O. The van der Waals surface area contributed by atoms with Gasteiger partial charge in [-0.3, -0.25) is 0 Å². The molecule has 2 aromatic carbocycles. The van der Waals surface area contributed by atoms with Crippen molar-refractivity contribution in [3.05, 3.63) is 64.1 Å². The van der Waals surface area contributed by atoms with Crippen LogP contribution in [0.1, 0.15) is 55.3 Å². The Morgan fingerprint density at radius 3 is 2.75 bits per heavy atom. The molecule has 0 spiro atoms. The van der Waals surface area contributed by atoms with E-state index in [1.54, 1.807) is 12.1 Å². The van der Waals surface area contributed by atoms with E-state index in [0.717, 1.165) is 39.5 Å². The van der Waals surface area contributed by atoms with Crippen molar-refractivity contribution < 1.29 is 6.53 Å². The molecule has 0 aliphatic heterocycles. The fourth-order valence-corrected chi connectivity index (χ4v) is 4.41.